The zero-order valence-electron chi connectivity index (χ0n) is 19.0. The van der Waals surface area contributed by atoms with Gasteiger partial charge in [-0.25, -0.2) is 0 Å². The Morgan fingerprint density at radius 3 is 1.97 bits per heavy atom. The van der Waals surface area contributed by atoms with E-state index >= 15 is 0 Å². The molecule has 0 bridgehead atoms. The molecule has 154 valence electrons. The van der Waals surface area contributed by atoms with Gasteiger partial charge in [0.1, 0.15) is 0 Å². The van der Waals surface area contributed by atoms with Gasteiger partial charge in [0.05, 0.1) is 0 Å². The maximum absolute atomic E-state index is 3.73. The second-order valence-corrected chi connectivity index (χ2v) is 9.38. The van der Waals surface area contributed by atoms with E-state index < -0.39 is 0 Å². The fourth-order valence-electron chi connectivity index (χ4n) is 5.35. The molecule has 4 aromatic carbocycles. The number of benzene rings is 4. The first kappa shape index (κ1) is 19.6. The Labute approximate surface area is 185 Å². The van der Waals surface area contributed by atoms with Crippen LogP contribution in [-0.2, 0) is 5.41 Å². The molecule has 4 aromatic rings. The smallest absolute Gasteiger partial charge is 0.0464 e. The Kier molecular flexibility index (Phi) is 4.51. The second-order valence-electron chi connectivity index (χ2n) is 9.38. The topological polar surface area (TPSA) is 12.0 Å². The van der Waals surface area contributed by atoms with Gasteiger partial charge in [0, 0.05) is 22.4 Å². The predicted octanol–water partition coefficient (Wildman–Crippen LogP) is 8.33. The normalized spacial score (nSPS) is 13.6. The fourth-order valence-corrected chi connectivity index (χ4v) is 5.35. The average molecular weight is 404 g/mol. The standard InChI is InChI=1S/C30H29N/c1-19-16-20(2)29(21(3)17-19)25-11-7-9-13-28(25)31-22-14-15-24-23-10-6-8-12-26(23)30(4,5)27(24)18-22/h6-18,31H,1-5H3. The van der Waals surface area contributed by atoms with Gasteiger partial charge in [0.2, 0.25) is 0 Å². The summed E-state index contributed by atoms with van der Waals surface area (Å²) < 4.78 is 0. The monoisotopic (exact) mass is 403 g/mol. The van der Waals surface area contributed by atoms with Crippen LogP contribution in [0.5, 0.6) is 0 Å². The molecule has 1 N–H and O–H groups in total. The molecule has 1 aliphatic carbocycles. The molecule has 0 fully saturated rings. The molecule has 0 aliphatic heterocycles. The average Bonchev–Trinajstić information content (AvgIpc) is 2.96. The highest BCUT2D eigenvalue weighted by atomic mass is 14.9. The van der Waals surface area contributed by atoms with E-state index in [-0.39, 0.29) is 5.41 Å². The van der Waals surface area contributed by atoms with Crippen LogP contribution in [0.15, 0.2) is 78.9 Å². The first-order valence-corrected chi connectivity index (χ1v) is 11.0. The number of hydrogen-bond acceptors (Lipinski definition) is 1. The van der Waals surface area contributed by atoms with Crippen LogP contribution in [0.2, 0.25) is 0 Å². The molecule has 0 saturated carbocycles. The molecule has 31 heavy (non-hydrogen) atoms. The highest BCUT2D eigenvalue weighted by molar-refractivity contribution is 5.87. The van der Waals surface area contributed by atoms with Crippen molar-refractivity contribution in [1.82, 2.24) is 0 Å². The van der Waals surface area contributed by atoms with Gasteiger partial charge in [0.15, 0.2) is 0 Å². The van der Waals surface area contributed by atoms with Crippen molar-refractivity contribution in [3.8, 4) is 22.3 Å². The van der Waals surface area contributed by atoms with Crippen LogP contribution in [0, 0.1) is 20.8 Å². The minimum Gasteiger partial charge on any atom is -0.355 e. The number of aryl methyl sites for hydroxylation is 3. The van der Waals surface area contributed by atoms with Crippen LogP contribution >= 0.6 is 0 Å². The maximum atomic E-state index is 3.73. The largest absolute Gasteiger partial charge is 0.355 e. The van der Waals surface area contributed by atoms with E-state index in [1.807, 2.05) is 0 Å². The van der Waals surface area contributed by atoms with Crippen LogP contribution < -0.4 is 5.32 Å². The minimum atomic E-state index is 0.00721. The van der Waals surface area contributed by atoms with Gasteiger partial charge in [-0.15, -0.1) is 0 Å². The number of hydrogen-bond donors (Lipinski definition) is 1. The number of rotatable bonds is 3. The molecule has 0 amide bonds. The van der Waals surface area contributed by atoms with Crippen LogP contribution in [-0.4, -0.2) is 0 Å². The van der Waals surface area contributed by atoms with Gasteiger partial charge in [-0.1, -0.05) is 80.1 Å². The summed E-state index contributed by atoms with van der Waals surface area (Å²) in [6.45, 7) is 11.2. The summed E-state index contributed by atoms with van der Waals surface area (Å²) in [5, 5.41) is 3.73. The van der Waals surface area contributed by atoms with Crippen molar-refractivity contribution < 1.29 is 0 Å². The molecule has 0 radical (unpaired) electrons. The highest BCUT2D eigenvalue weighted by Gasteiger charge is 2.35. The van der Waals surface area contributed by atoms with Crippen molar-refractivity contribution in [2.75, 3.05) is 5.32 Å². The zero-order chi connectivity index (χ0) is 21.8. The van der Waals surface area contributed by atoms with E-state index in [4.69, 9.17) is 0 Å². The second kappa shape index (κ2) is 7.13. The third kappa shape index (κ3) is 3.16. The molecule has 1 nitrogen and oxygen atoms in total. The van der Waals surface area contributed by atoms with E-state index in [1.54, 1.807) is 0 Å². The molecule has 0 saturated heterocycles. The number of anilines is 2. The maximum Gasteiger partial charge on any atom is 0.0464 e. The lowest BCUT2D eigenvalue weighted by molar-refractivity contribution is 0.660. The Hall–Kier alpha value is -3.32. The summed E-state index contributed by atoms with van der Waals surface area (Å²) in [7, 11) is 0. The van der Waals surface area contributed by atoms with E-state index in [2.05, 4.69) is 119 Å². The summed E-state index contributed by atoms with van der Waals surface area (Å²) in [5.41, 5.74) is 14.3. The Morgan fingerprint density at radius 1 is 0.613 bits per heavy atom. The molecule has 1 aliphatic rings. The van der Waals surface area contributed by atoms with Gasteiger partial charge >= 0.3 is 0 Å². The van der Waals surface area contributed by atoms with Crippen molar-refractivity contribution in [1.29, 1.82) is 0 Å². The first-order valence-electron chi connectivity index (χ1n) is 11.0. The number of para-hydroxylation sites is 1. The van der Waals surface area contributed by atoms with E-state index in [0.717, 1.165) is 11.4 Å². The minimum absolute atomic E-state index is 0.00721. The van der Waals surface area contributed by atoms with Crippen LogP contribution in [0.4, 0.5) is 11.4 Å². The third-order valence-corrected chi connectivity index (χ3v) is 6.74. The van der Waals surface area contributed by atoms with Crippen molar-refractivity contribution in [3.63, 3.8) is 0 Å². The lowest BCUT2D eigenvalue weighted by Crippen LogP contribution is -2.15. The molecule has 5 rings (SSSR count). The summed E-state index contributed by atoms with van der Waals surface area (Å²) >= 11 is 0. The SMILES string of the molecule is Cc1cc(C)c(-c2ccccc2Nc2ccc3c(c2)C(C)(C)c2ccccc2-3)c(C)c1. The van der Waals surface area contributed by atoms with Gasteiger partial charge in [0.25, 0.3) is 0 Å². The molecule has 0 aromatic heterocycles. The molecule has 0 heterocycles. The third-order valence-electron chi connectivity index (χ3n) is 6.74. The first-order chi connectivity index (χ1) is 14.9. The summed E-state index contributed by atoms with van der Waals surface area (Å²) in [4.78, 5) is 0. The van der Waals surface area contributed by atoms with Gasteiger partial charge < -0.3 is 5.32 Å². The van der Waals surface area contributed by atoms with Gasteiger partial charge in [-0.3, -0.25) is 0 Å². The van der Waals surface area contributed by atoms with E-state index in [0.29, 0.717) is 0 Å². The highest BCUT2D eigenvalue weighted by Crippen LogP contribution is 2.49. The van der Waals surface area contributed by atoms with Gasteiger partial charge in [-0.2, -0.15) is 0 Å². The van der Waals surface area contributed by atoms with Crippen LogP contribution in [0.3, 0.4) is 0 Å². The van der Waals surface area contributed by atoms with E-state index in [9.17, 15) is 0 Å². The summed E-state index contributed by atoms with van der Waals surface area (Å²) in [6.07, 6.45) is 0. The lowest BCUT2D eigenvalue weighted by Gasteiger charge is -2.22. The Balaban J connectivity index is 1.58. The summed E-state index contributed by atoms with van der Waals surface area (Å²) in [6, 6.07) is 28.8. The molecular formula is C30H29N. The number of nitrogens with one attached hydrogen (secondary N) is 1. The predicted molar refractivity (Wildman–Crippen MR) is 133 cm³/mol. The van der Waals surface area contributed by atoms with Crippen molar-refractivity contribution in [3.05, 3.63) is 107 Å². The number of fused-ring (bicyclic) bond motifs is 3. The molecular weight excluding hydrogens is 374 g/mol. The lowest BCUT2D eigenvalue weighted by atomic mass is 9.82. The van der Waals surface area contributed by atoms with Crippen molar-refractivity contribution in [2.45, 2.75) is 40.0 Å². The van der Waals surface area contributed by atoms with Crippen molar-refractivity contribution >= 4 is 11.4 Å². The molecule has 0 spiro atoms. The van der Waals surface area contributed by atoms with Crippen molar-refractivity contribution in [2.24, 2.45) is 0 Å². The molecule has 0 atom stereocenters. The van der Waals surface area contributed by atoms with Crippen LogP contribution in [0.25, 0.3) is 22.3 Å². The molecule has 0 unspecified atom stereocenters. The quantitative estimate of drug-likeness (QED) is 0.362. The fraction of sp³-hybridized carbons (Fsp3) is 0.200. The Bertz CT molecular complexity index is 1290. The Morgan fingerprint density at radius 2 is 1.23 bits per heavy atom. The van der Waals surface area contributed by atoms with E-state index in [1.165, 1.54) is 50.1 Å². The summed E-state index contributed by atoms with van der Waals surface area (Å²) in [5.74, 6) is 0. The molecule has 1 heteroatoms. The zero-order valence-corrected chi connectivity index (χ0v) is 19.0. The van der Waals surface area contributed by atoms with Gasteiger partial charge in [-0.05, 0) is 77.9 Å². The van der Waals surface area contributed by atoms with Crippen LogP contribution in [0.1, 0.15) is 41.7 Å².